The van der Waals surface area contributed by atoms with Crippen LogP contribution >= 0.6 is 0 Å². The van der Waals surface area contributed by atoms with E-state index in [-0.39, 0.29) is 13.0 Å². The molecule has 0 aromatic heterocycles. The van der Waals surface area contributed by atoms with Crippen LogP contribution in [-0.4, -0.2) is 99.6 Å². The largest absolute Gasteiger partial charge is 0.454 e. The van der Waals surface area contributed by atoms with Gasteiger partial charge in [0, 0.05) is 6.42 Å². The lowest BCUT2D eigenvalue weighted by atomic mass is 9.99. The first-order chi connectivity index (χ1) is 32.7. The summed E-state index contributed by atoms with van der Waals surface area (Å²) in [5.41, 5.74) is 0. The summed E-state index contributed by atoms with van der Waals surface area (Å²) in [5.74, 6) is -1.19. The summed E-state index contributed by atoms with van der Waals surface area (Å²) in [6.07, 6.45) is 39.4. The number of carbonyl (C=O) groups is 2. The number of unbranched alkanes of at least 4 members (excludes halogenated alkanes) is 31. The lowest BCUT2D eigenvalue weighted by Crippen LogP contribution is -2.61. The Bertz CT molecular complexity index is 1180. The fourth-order valence-electron chi connectivity index (χ4n) is 8.82. The van der Waals surface area contributed by atoms with Gasteiger partial charge in [0.2, 0.25) is 5.91 Å². The highest BCUT2D eigenvalue weighted by Gasteiger charge is 2.47. The molecule has 8 atom stereocenters. The first-order valence-electron chi connectivity index (χ1n) is 28.1. The van der Waals surface area contributed by atoms with Gasteiger partial charge in [0.25, 0.3) is 0 Å². The van der Waals surface area contributed by atoms with Gasteiger partial charge >= 0.3 is 5.97 Å². The molecule has 1 aliphatic heterocycles. The Morgan fingerprint density at radius 1 is 0.567 bits per heavy atom. The molecule has 0 aliphatic carbocycles. The molecule has 1 saturated heterocycles. The minimum absolute atomic E-state index is 0.122. The Labute approximate surface area is 410 Å². The number of aliphatic hydroxyl groups is 5. The number of esters is 1. The highest BCUT2D eigenvalue weighted by Crippen LogP contribution is 2.26. The van der Waals surface area contributed by atoms with Crippen LogP contribution in [0.25, 0.3) is 0 Å². The first-order valence-corrected chi connectivity index (χ1v) is 28.1. The van der Waals surface area contributed by atoms with Crippen LogP contribution in [0.4, 0.5) is 0 Å². The van der Waals surface area contributed by atoms with Gasteiger partial charge in [-0.05, 0) is 51.4 Å². The van der Waals surface area contributed by atoms with E-state index in [0.717, 1.165) is 70.6 Å². The number of aliphatic hydroxyl groups excluding tert-OH is 5. The third-order valence-electron chi connectivity index (χ3n) is 13.4. The summed E-state index contributed by atoms with van der Waals surface area (Å²) in [6, 6.07) is -1.02. The van der Waals surface area contributed by atoms with Gasteiger partial charge in [-0.25, -0.2) is 0 Å². The first kappa shape index (κ1) is 63.2. The summed E-state index contributed by atoms with van der Waals surface area (Å²) in [4.78, 5) is 26.4. The summed E-state index contributed by atoms with van der Waals surface area (Å²) in [7, 11) is 0. The maximum Gasteiger partial charge on any atom is 0.306 e. The summed E-state index contributed by atoms with van der Waals surface area (Å²) in [5, 5.41) is 56.7. The molecular weight excluding hydrogens is 847 g/mol. The predicted molar refractivity (Wildman–Crippen MR) is 274 cm³/mol. The van der Waals surface area contributed by atoms with Crippen LogP contribution in [0.15, 0.2) is 24.3 Å². The van der Waals surface area contributed by atoms with Crippen LogP contribution in [0.1, 0.15) is 258 Å². The van der Waals surface area contributed by atoms with E-state index >= 15 is 0 Å². The Kier molecular flexibility index (Phi) is 42.7. The Balaban J connectivity index is 2.74. The molecule has 0 bridgehead atoms. The van der Waals surface area contributed by atoms with E-state index < -0.39 is 67.4 Å². The highest BCUT2D eigenvalue weighted by molar-refractivity contribution is 5.80. The summed E-state index contributed by atoms with van der Waals surface area (Å²) >= 11 is 0. The zero-order valence-corrected chi connectivity index (χ0v) is 43.3. The minimum Gasteiger partial charge on any atom is -0.454 e. The van der Waals surface area contributed by atoms with Crippen LogP contribution < -0.4 is 5.32 Å². The van der Waals surface area contributed by atoms with Gasteiger partial charge in [0.15, 0.2) is 12.4 Å². The lowest BCUT2D eigenvalue weighted by Gasteiger charge is -2.41. The van der Waals surface area contributed by atoms with E-state index in [0.29, 0.717) is 19.3 Å². The van der Waals surface area contributed by atoms with Gasteiger partial charge in [-0.15, -0.1) is 0 Å². The molecule has 0 radical (unpaired) electrons. The minimum atomic E-state index is -1.61. The molecule has 1 amide bonds. The number of ether oxygens (including phenoxy) is 3. The van der Waals surface area contributed by atoms with Crippen LogP contribution in [0.3, 0.4) is 0 Å². The van der Waals surface area contributed by atoms with Gasteiger partial charge < -0.3 is 45.1 Å². The second-order valence-corrected chi connectivity index (χ2v) is 19.7. The van der Waals surface area contributed by atoms with Gasteiger partial charge in [-0.2, -0.15) is 0 Å². The van der Waals surface area contributed by atoms with Gasteiger partial charge in [-0.1, -0.05) is 225 Å². The second kappa shape index (κ2) is 45.3. The van der Waals surface area contributed by atoms with E-state index in [1.54, 1.807) is 6.08 Å². The van der Waals surface area contributed by atoms with Crippen molar-refractivity contribution in [3.8, 4) is 0 Å². The molecule has 0 aromatic rings. The Morgan fingerprint density at radius 3 is 1.46 bits per heavy atom. The van der Waals surface area contributed by atoms with Crippen LogP contribution in [0, 0.1) is 0 Å². The van der Waals surface area contributed by atoms with Crippen molar-refractivity contribution in [2.75, 3.05) is 13.2 Å². The van der Waals surface area contributed by atoms with Gasteiger partial charge in [0.1, 0.15) is 24.4 Å². The second-order valence-electron chi connectivity index (χ2n) is 19.7. The molecule has 67 heavy (non-hydrogen) atoms. The zero-order valence-electron chi connectivity index (χ0n) is 43.3. The summed E-state index contributed by atoms with van der Waals surface area (Å²) in [6.45, 7) is 5.75. The highest BCUT2D eigenvalue weighted by atomic mass is 16.7. The molecule has 6 N–H and O–H groups in total. The summed E-state index contributed by atoms with van der Waals surface area (Å²) < 4.78 is 17.5. The molecule has 1 fully saturated rings. The molecule has 8 unspecified atom stereocenters. The van der Waals surface area contributed by atoms with E-state index in [2.05, 4.69) is 38.2 Å². The molecule has 0 saturated carbocycles. The van der Waals surface area contributed by atoms with Gasteiger partial charge in [-0.3, -0.25) is 9.59 Å². The lowest BCUT2D eigenvalue weighted by molar-refractivity contribution is -0.305. The number of rotatable bonds is 47. The standard InChI is InChI=1S/C56H105NO10/c1-4-7-10-13-16-19-22-24-25-27-29-32-35-38-41-44-51(61)67-54-53(63)52(62)50(45-58)66-56(54)65-46-47(48(59)42-39-36-33-31-28-26-23-20-17-14-11-8-5-2)57-55(64)49(60)43-40-37-34-30-21-18-15-12-9-6-3/h19,22,39,42,47-50,52-54,56,58-60,62-63H,4-18,20-21,23-38,40-41,43-46H2,1-3H3,(H,57,64)/b22-19-,42-39+. The number of hydrogen-bond donors (Lipinski definition) is 6. The van der Waals surface area contributed by atoms with Crippen molar-refractivity contribution in [3.05, 3.63) is 24.3 Å². The molecule has 1 aliphatic rings. The molecular formula is C56H105NO10. The van der Waals surface area contributed by atoms with E-state index in [4.69, 9.17) is 14.2 Å². The quantitative estimate of drug-likeness (QED) is 0.0196. The molecule has 11 nitrogen and oxygen atoms in total. The third-order valence-corrected chi connectivity index (χ3v) is 13.4. The van der Waals surface area contributed by atoms with Crippen molar-refractivity contribution in [2.24, 2.45) is 0 Å². The topological polar surface area (TPSA) is 175 Å². The maximum absolute atomic E-state index is 13.3. The zero-order chi connectivity index (χ0) is 49.0. The van der Waals surface area contributed by atoms with Gasteiger partial charge in [0.05, 0.1) is 25.4 Å². The van der Waals surface area contributed by atoms with Crippen molar-refractivity contribution in [1.82, 2.24) is 5.32 Å². The normalized spacial score (nSPS) is 20.1. The monoisotopic (exact) mass is 952 g/mol. The predicted octanol–water partition coefficient (Wildman–Crippen LogP) is 12.2. The number of hydrogen-bond acceptors (Lipinski definition) is 10. The van der Waals surface area contributed by atoms with E-state index in [9.17, 15) is 35.1 Å². The van der Waals surface area contributed by atoms with Crippen molar-refractivity contribution >= 4 is 11.9 Å². The Morgan fingerprint density at radius 2 is 0.985 bits per heavy atom. The molecule has 0 aromatic carbocycles. The van der Waals surface area contributed by atoms with Crippen molar-refractivity contribution in [1.29, 1.82) is 0 Å². The number of carbonyl (C=O) groups excluding carboxylic acids is 2. The number of nitrogens with one attached hydrogen (secondary N) is 1. The van der Waals surface area contributed by atoms with E-state index in [1.807, 2.05) is 6.08 Å². The number of amides is 1. The fourth-order valence-corrected chi connectivity index (χ4v) is 8.82. The average Bonchev–Trinajstić information content (AvgIpc) is 3.32. The van der Waals surface area contributed by atoms with Crippen LogP contribution in [-0.2, 0) is 23.8 Å². The smallest absolute Gasteiger partial charge is 0.306 e. The average molecular weight is 952 g/mol. The molecule has 0 spiro atoms. The van der Waals surface area contributed by atoms with Crippen LogP contribution in [0.2, 0.25) is 0 Å². The number of allylic oxidation sites excluding steroid dienone is 3. The van der Waals surface area contributed by atoms with E-state index in [1.165, 1.54) is 141 Å². The SMILES string of the molecule is CCCCCC/C=C\CCCCCCCCCC(=O)OC1C(OCC(NC(=O)C(O)CCCCCCCCCCCC)C(O)/C=C/CCCCCCCCCCCCC)OC(CO)C(O)C1O. The van der Waals surface area contributed by atoms with Crippen molar-refractivity contribution in [3.63, 3.8) is 0 Å². The van der Waals surface area contributed by atoms with Crippen molar-refractivity contribution in [2.45, 2.75) is 307 Å². The van der Waals surface area contributed by atoms with Crippen LogP contribution in [0.5, 0.6) is 0 Å². The fraction of sp³-hybridized carbons (Fsp3) is 0.893. The molecule has 394 valence electrons. The molecule has 1 heterocycles. The van der Waals surface area contributed by atoms with Crippen molar-refractivity contribution < 1.29 is 49.3 Å². The Hall–Kier alpha value is -1.86. The molecule has 1 rings (SSSR count). The maximum atomic E-state index is 13.3. The third kappa shape index (κ3) is 34.2. The molecule has 11 heteroatoms.